The summed E-state index contributed by atoms with van der Waals surface area (Å²) in [5.41, 5.74) is 1.47. The number of hydrogen-bond acceptors (Lipinski definition) is 6. The van der Waals surface area contributed by atoms with Gasteiger partial charge in [-0.3, -0.25) is 29.1 Å². The van der Waals surface area contributed by atoms with Gasteiger partial charge < -0.3 is 5.32 Å². The van der Waals surface area contributed by atoms with Crippen molar-refractivity contribution >= 4 is 28.9 Å². The van der Waals surface area contributed by atoms with Crippen LogP contribution in [0.4, 0.5) is 4.79 Å². The molecular weight excluding hydrogens is 378 g/mol. The summed E-state index contributed by atoms with van der Waals surface area (Å²) >= 11 is 0. The monoisotopic (exact) mass is 395 g/mol. The first-order valence-corrected chi connectivity index (χ1v) is 8.70. The first-order chi connectivity index (χ1) is 13.8. The lowest BCUT2D eigenvalue weighted by Crippen LogP contribution is -2.49. The third-order valence-corrected chi connectivity index (χ3v) is 4.81. The van der Waals surface area contributed by atoms with Gasteiger partial charge in [-0.25, -0.2) is 9.78 Å². The van der Waals surface area contributed by atoms with E-state index in [1.165, 1.54) is 17.2 Å². The predicted octanol–water partition coefficient (Wildman–Crippen LogP) is -0.372. The lowest BCUT2D eigenvalue weighted by molar-refractivity contribution is -0.139. The number of fused-ring (bicyclic) bond motifs is 1. The molecular formula is C18H17N7O4. The molecule has 1 aromatic carbocycles. The Morgan fingerprint density at radius 3 is 2.66 bits per heavy atom. The number of urea groups is 1. The third-order valence-electron chi connectivity index (χ3n) is 4.81. The highest BCUT2D eigenvalue weighted by molar-refractivity contribution is 6.08. The van der Waals surface area contributed by atoms with Crippen LogP contribution in [-0.4, -0.2) is 42.2 Å². The minimum Gasteiger partial charge on any atom is -0.318 e. The molecule has 0 saturated carbocycles. The highest BCUT2D eigenvalue weighted by Gasteiger charge is 2.49. The molecule has 11 heteroatoms. The molecule has 0 radical (unpaired) electrons. The normalized spacial score (nSPS) is 18.9. The fourth-order valence-corrected chi connectivity index (χ4v) is 3.20. The molecule has 1 saturated heterocycles. The van der Waals surface area contributed by atoms with Crippen LogP contribution in [-0.2, 0) is 28.7 Å². The fraction of sp³-hybridized carbons (Fsp3) is 0.222. The molecule has 0 aliphatic carbocycles. The van der Waals surface area contributed by atoms with Gasteiger partial charge >= 0.3 is 6.03 Å². The van der Waals surface area contributed by atoms with Gasteiger partial charge in [-0.05, 0) is 12.5 Å². The van der Waals surface area contributed by atoms with E-state index in [2.05, 4.69) is 20.8 Å². The molecule has 4 rings (SSSR count). The van der Waals surface area contributed by atoms with E-state index < -0.39 is 35.5 Å². The topological polar surface area (TPSA) is 131 Å². The number of imide groups is 1. The van der Waals surface area contributed by atoms with Crippen molar-refractivity contribution in [1.29, 1.82) is 0 Å². The summed E-state index contributed by atoms with van der Waals surface area (Å²) in [5.74, 6) is -1.35. The fourth-order valence-electron chi connectivity index (χ4n) is 3.20. The van der Waals surface area contributed by atoms with Crippen LogP contribution in [0.3, 0.4) is 0 Å². The first kappa shape index (κ1) is 18.3. The zero-order valence-corrected chi connectivity index (χ0v) is 15.6. The lowest BCUT2D eigenvalue weighted by Gasteiger charge is -2.22. The minimum absolute atomic E-state index is 0.259. The smallest absolute Gasteiger partial charge is 0.318 e. The molecule has 148 valence electrons. The van der Waals surface area contributed by atoms with E-state index in [9.17, 15) is 19.2 Å². The van der Waals surface area contributed by atoms with Gasteiger partial charge in [-0.2, -0.15) is 10.1 Å². The van der Waals surface area contributed by atoms with Gasteiger partial charge in [0.15, 0.2) is 5.65 Å². The quantitative estimate of drug-likeness (QED) is 0.580. The number of carbonyl (C=O) groups is 3. The van der Waals surface area contributed by atoms with Crippen LogP contribution in [0.2, 0.25) is 0 Å². The molecule has 1 atom stereocenters. The molecule has 1 aliphatic rings. The highest BCUT2D eigenvalue weighted by Crippen LogP contribution is 2.27. The summed E-state index contributed by atoms with van der Waals surface area (Å²) in [6.45, 7) is 1.13. The zero-order valence-electron chi connectivity index (χ0n) is 15.6. The molecule has 0 bridgehead atoms. The Balaban J connectivity index is 1.53. The summed E-state index contributed by atoms with van der Waals surface area (Å²) < 4.78 is 2.52. The van der Waals surface area contributed by atoms with Gasteiger partial charge in [0.1, 0.15) is 23.8 Å². The highest BCUT2D eigenvalue weighted by atomic mass is 16.2. The second kappa shape index (κ2) is 6.55. The second-order valence-corrected chi connectivity index (χ2v) is 6.78. The summed E-state index contributed by atoms with van der Waals surface area (Å²) in [6.07, 6.45) is 2.58. The molecule has 1 aliphatic heterocycles. The molecule has 3 heterocycles. The Kier molecular flexibility index (Phi) is 4.14. The molecule has 29 heavy (non-hydrogen) atoms. The van der Waals surface area contributed by atoms with Crippen molar-refractivity contribution in [1.82, 2.24) is 35.1 Å². The average Bonchev–Trinajstić information content (AvgIpc) is 3.18. The number of aryl methyl sites for hydroxylation is 1. The van der Waals surface area contributed by atoms with Gasteiger partial charge in [-0.1, -0.05) is 30.3 Å². The number of carbonyl (C=O) groups excluding carboxylic acids is 3. The number of nitrogens with zero attached hydrogens (tertiary/aromatic N) is 5. The van der Waals surface area contributed by atoms with Crippen molar-refractivity contribution in [2.45, 2.75) is 19.0 Å². The second-order valence-electron chi connectivity index (χ2n) is 6.78. The molecule has 4 amide bonds. The predicted molar refractivity (Wildman–Crippen MR) is 100 cm³/mol. The Morgan fingerprint density at radius 1 is 1.21 bits per heavy atom. The van der Waals surface area contributed by atoms with E-state index in [1.54, 1.807) is 44.3 Å². The maximum Gasteiger partial charge on any atom is 0.344 e. The SMILES string of the molecule is Cn1ncc2c(=O)n(CC(=O)NN3C(=O)N[C@@](C)(c4ccccc4)C3=O)cnc21. The average molecular weight is 395 g/mol. The van der Waals surface area contributed by atoms with Crippen LogP contribution < -0.4 is 16.3 Å². The van der Waals surface area contributed by atoms with Crippen molar-refractivity contribution in [2.75, 3.05) is 0 Å². The molecule has 2 N–H and O–H groups in total. The molecule has 11 nitrogen and oxygen atoms in total. The Hall–Kier alpha value is -4.02. The number of rotatable bonds is 4. The van der Waals surface area contributed by atoms with Gasteiger partial charge in [0.25, 0.3) is 17.4 Å². The van der Waals surface area contributed by atoms with Crippen LogP contribution >= 0.6 is 0 Å². The van der Waals surface area contributed by atoms with E-state index >= 15 is 0 Å². The maximum atomic E-state index is 12.8. The zero-order chi connectivity index (χ0) is 20.8. The summed E-state index contributed by atoms with van der Waals surface area (Å²) in [5, 5.41) is 7.42. The molecule has 0 unspecified atom stereocenters. The van der Waals surface area contributed by atoms with Crippen molar-refractivity contribution in [2.24, 2.45) is 7.05 Å². The van der Waals surface area contributed by atoms with Crippen LogP contribution in [0, 0.1) is 0 Å². The summed E-state index contributed by atoms with van der Waals surface area (Å²) in [4.78, 5) is 54.1. The van der Waals surface area contributed by atoms with E-state index in [-0.39, 0.29) is 5.39 Å². The first-order valence-electron chi connectivity index (χ1n) is 8.70. The minimum atomic E-state index is -1.31. The Morgan fingerprint density at radius 2 is 1.93 bits per heavy atom. The molecule has 3 aromatic rings. The summed E-state index contributed by atoms with van der Waals surface area (Å²) in [7, 11) is 1.65. The molecule has 0 spiro atoms. The molecule has 2 aromatic heterocycles. The summed E-state index contributed by atoms with van der Waals surface area (Å²) in [6, 6.07) is 7.93. The van der Waals surface area contributed by atoms with E-state index in [4.69, 9.17) is 0 Å². The Labute approximate surface area is 163 Å². The van der Waals surface area contributed by atoms with Gasteiger partial charge in [0.05, 0.1) is 6.20 Å². The number of nitrogens with one attached hydrogen (secondary N) is 2. The number of hydrogen-bond donors (Lipinski definition) is 2. The number of benzene rings is 1. The van der Waals surface area contributed by atoms with E-state index in [1.807, 2.05) is 0 Å². The van der Waals surface area contributed by atoms with E-state index in [0.29, 0.717) is 16.2 Å². The number of amides is 4. The third kappa shape index (κ3) is 2.92. The van der Waals surface area contributed by atoms with Crippen LogP contribution in [0.1, 0.15) is 12.5 Å². The maximum absolute atomic E-state index is 12.8. The van der Waals surface area contributed by atoms with Gasteiger partial charge in [-0.15, -0.1) is 0 Å². The van der Waals surface area contributed by atoms with Crippen molar-refractivity contribution in [3.8, 4) is 0 Å². The number of aromatic nitrogens is 4. The van der Waals surface area contributed by atoms with Crippen LogP contribution in [0.5, 0.6) is 0 Å². The van der Waals surface area contributed by atoms with Crippen molar-refractivity contribution in [3.63, 3.8) is 0 Å². The van der Waals surface area contributed by atoms with Crippen LogP contribution in [0.15, 0.2) is 47.7 Å². The van der Waals surface area contributed by atoms with E-state index in [0.717, 1.165) is 4.57 Å². The van der Waals surface area contributed by atoms with Gasteiger partial charge in [0, 0.05) is 7.05 Å². The van der Waals surface area contributed by atoms with Gasteiger partial charge in [0.2, 0.25) is 0 Å². The standard InChI is InChI=1S/C18H17N7O4/c1-18(11-6-4-3-5-7-11)16(28)25(17(29)21-18)22-13(26)9-24-10-19-14-12(15(24)27)8-20-23(14)2/h3-8,10H,9H2,1-2H3,(H,21,29)(H,22,26)/t18-/m0/s1. The van der Waals surface area contributed by atoms with Crippen LogP contribution in [0.25, 0.3) is 11.0 Å². The largest absolute Gasteiger partial charge is 0.344 e. The number of hydrazine groups is 1. The lowest BCUT2D eigenvalue weighted by atomic mass is 9.92. The van der Waals surface area contributed by atoms with Crippen molar-refractivity contribution in [3.05, 3.63) is 58.8 Å². The molecule has 1 fully saturated rings. The van der Waals surface area contributed by atoms with Crippen molar-refractivity contribution < 1.29 is 14.4 Å². The Bertz CT molecular complexity index is 1200.